The Kier molecular flexibility index (Phi) is 6.72. The van der Waals surface area contributed by atoms with E-state index >= 15 is 0 Å². The van der Waals surface area contributed by atoms with Gasteiger partial charge in [0, 0.05) is 35.2 Å². The van der Waals surface area contributed by atoms with Crippen molar-refractivity contribution in [3.63, 3.8) is 0 Å². The summed E-state index contributed by atoms with van der Waals surface area (Å²) in [5.41, 5.74) is 2.03. The molecule has 1 heterocycles. The second-order valence-corrected chi connectivity index (χ2v) is 10.3. The number of amides is 2. The average molecular weight is 570 g/mol. The quantitative estimate of drug-likeness (QED) is 0.290. The lowest BCUT2D eigenvalue weighted by molar-refractivity contribution is -0.142. The minimum absolute atomic E-state index is 0.0344. The highest BCUT2D eigenvalue weighted by Gasteiger charge is 2.56. The van der Waals surface area contributed by atoms with Crippen LogP contribution in [0.1, 0.15) is 30.7 Å². The molecule has 0 aromatic heterocycles. The highest BCUT2D eigenvalue weighted by Crippen LogP contribution is 2.56. The minimum Gasteiger partial charge on any atom is -0.491 e. The standard InChI is InChI=1S/C27H24BrNO8/c28-18-12-19(31)24-17(25(18)34)11-16-13(22(24)14-3-1-2-4-20(14)37-10-9-30)5-6-15-23(16)27(36)29(26(15)35)8-7-21(32)33/h1-5,12,15-16,22-23,30H,6-11H2,(H,32,33). The van der Waals surface area contributed by atoms with Crippen molar-refractivity contribution in [2.45, 2.75) is 25.2 Å². The number of Topliss-reactive ketones (excluding diaryl/α,β-unsaturated/α-hetero) is 1. The summed E-state index contributed by atoms with van der Waals surface area (Å²) in [6, 6.07) is 7.07. The van der Waals surface area contributed by atoms with E-state index in [1.807, 2.05) is 6.08 Å². The highest BCUT2D eigenvalue weighted by molar-refractivity contribution is 9.12. The summed E-state index contributed by atoms with van der Waals surface area (Å²) in [6.45, 7) is -0.381. The zero-order chi connectivity index (χ0) is 26.4. The molecule has 4 atom stereocenters. The van der Waals surface area contributed by atoms with Gasteiger partial charge < -0.3 is 14.9 Å². The van der Waals surface area contributed by atoms with Gasteiger partial charge in [-0.2, -0.15) is 0 Å². The Hall–Kier alpha value is -3.37. The van der Waals surface area contributed by atoms with E-state index in [1.54, 1.807) is 24.3 Å². The van der Waals surface area contributed by atoms with Crippen LogP contribution < -0.4 is 4.74 Å². The molecule has 1 aliphatic heterocycles. The van der Waals surface area contributed by atoms with Gasteiger partial charge in [-0.25, -0.2) is 0 Å². The summed E-state index contributed by atoms with van der Waals surface area (Å²) in [5, 5.41) is 18.4. The number of aliphatic hydroxyl groups is 1. The Morgan fingerprint density at radius 2 is 1.86 bits per heavy atom. The Morgan fingerprint density at radius 1 is 1.11 bits per heavy atom. The monoisotopic (exact) mass is 569 g/mol. The first-order valence-electron chi connectivity index (χ1n) is 12.0. The number of aliphatic carboxylic acids is 1. The number of imide groups is 1. The molecular formula is C27H24BrNO8. The number of allylic oxidation sites excluding steroid dienone is 6. The number of para-hydroxylation sites is 1. The molecule has 2 N–H and O–H groups in total. The number of carboxylic acids is 1. The van der Waals surface area contributed by atoms with Gasteiger partial charge in [-0.3, -0.25) is 28.9 Å². The Labute approximate surface area is 220 Å². The van der Waals surface area contributed by atoms with Crippen LogP contribution in [0.15, 0.2) is 57.6 Å². The van der Waals surface area contributed by atoms with Crippen molar-refractivity contribution in [3.8, 4) is 5.75 Å². The van der Waals surface area contributed by atoms with Crippen molar-refractivity contribution in [1.29, 1.82) is 0 Å². The largest absolute Gasteiger partial charge is 0.491 e. The molecule has 10 heteroatoms. The number of likely N-dealkylation sites (tertiary alicyclic amines) is 1. The average Bonchev–Trinajstić information content (AvgIpc) is 3.13. The van der Waals surface area contributed by atoms with Gasteiger partial charge in [0.05, 0.1) is 29.3 Å². The molecule has 9 nitrogen and oxygen atoms in total. The zero-order valence-electron chi connectivity index (χ0n) is 19.7. The Morgan fingerprint density at radius 3 is 2.59 bits per heavy atom. The molecule has 4 aliphatic rings. The van der Waals surface area contributed by atoms with E-state index in [9.17, 15) is 29.1 Å². The lowest BCUT2D eigenvalue weighted by Crippen LogP contribution is -2.40. The maximum Gasteiger partial charge on any atom is 0.305 e. The first-order chi connectivity index (χ1) is 17.7. The number of carboxylic acid groups (broad SMARTS) is 1. The number of carbonyl (C=O) groups is 5. The maximum absolute atomic E-state index is 13.5. The molecule has 1 fully saturated rings. The van der Waals surface area contributed by atoms with Crippen molar-refractivity contribution >= 4 is 45.3 Å². The molecule has 1 aromatic carbocycles. The molecule has 0 bridgehead atoms. The molecule has 2 amide bonds. The highest BCUT2D eigenvalue weighted by atomic mass is 79.9. The minimum atomic E-state index is -1.11. The summed E-state index contributed by atoms with van der Waals surface area (Å²) in [6.07, 6.45) is 3.19. The summed E-state index contributed by atoms with van der Waals surface area (Å²) < 4.78 is 5.91. The van der Waals surface area contributed by atoms with Crippen LogP contribution in [0.25, 0.3) is 0 Å². The van der Waals surface area contributed by atoms with E-state index < -0.39 is 41.5 Å². The van der Waals surface area contributed by atoms with Gasteiger partial charge in [0.1, 0.15) is 12.4 Å². The van der Waals surface area contributed by atoms with Gasteiger partial charge in [-0.15, -0.1) is 0 Å². The smallest absolute Gasteiger partial charge is 0.305 e. The van der Waals surface area contributed by atoms with Gasteiger partial charge in [0.15, 0.2) is 11.6 Å². The first-order valence-corrected chi connectivity index (χ1v) is 12.8. The second kappa shape index (κ2) is 9.83. The number of fused-ring (bicyclic) bond motifs is 3. The van der Waals surface area contributed by atoms with Crippen LogP contribution in [-0.4, -0.2) is 64.2 Å². The van der Waals surface area contributed by atoms with E-state index in [0.29, 0.717) is 22.5 Å². The Balaban J connectivity index is 1.63. The molecule has 0 spiro atoms. The van der Waals surface area contributed by atoms with Gasteiger partial charge in [-0.05, 0) is 40.8 Å². The molecule has 192 valence electrons. The predicted octanol–water partition coefficient (Wildman–Crippen LogP) is 2.29. The van der Waals surface area contributed by atoms with Gasteiger partial charge in [-0.1, -0.05) is 29.8 Å². The lowest BCUT2D eigenvalue weighted by atomic mass is 9.59. The van der Waals surface area contributed by atoms with Crippen LogP contribution >= 0.6 is 15.9 Å². The molecule has 37 heavy (non-hydrogen) atoms. The van der Waals surface area contributed by atoms with E-state index in [4.69, 9.17) is 9.84 Å². The maximum atomic E-state index is 13.5. The third kappa shape index (κ3) is 4.18. The van der Waals surface area contributed by atoms with Gasteiger partial charge in [0.2, 0.25) is 11.8 Å². The van der Waals surface area contributed by atoms with Crippen LogP contribution in [0.3, 0.4) is 0 Å². The number of hydrogen-bond acceptors (Lipinski definition) is 7. The molecule has 1 aromatic rings. The van der Waals surface area contributed by atoms with E-state index in [1.165, 1.54) is 6.08 Å². The molecule has 1 saturated heterocycles. The van der Waals surface area contributed by atoms with Gasteiger partial charge in [0.25, 0.3) is 0 Å². The zero-order valence-corrected chi connectivity index (χ0v) is 21.3. The molecule has 3 aliphatic carbocycles. The van der Waals surface area contributed by atoms with E-state index in [0.717, 1.165) is 10.5 Å². The summed E-state index contributed by atoms with van der Waals surface area (Å²) in [4.78, 5) is 65.3. The predicted molar refractivity (Wildman–Crippen MR) is 133 cm³/mol. The topological polar surface area (TPSA) is 138 Å². The van der Waals surface area contributed by atoms with E-state index in [2.05, 4.69) is 15.9 Å². The number of benzene rings is 1. The first kappa shape index (κ1) is 25.3. The van der Waals surface area contributed by atoms with Crippen LogP contribution in [0.4, 0.5) is 0 Å². The van der Waals surface area contributed by atoms with Crippen molar-refractivity contribution in [3.05, 3.63) is 63.2 Å². The van der Waals surface area contributed by atoms with Crippen LogP contribution in [0.5, 0.6) is 5.75 Å². The number of rotatable bonds is 7. The molecule has 0 radical (unpaired) electrons. The molecule has 4 unspecified atom stereocenters. The fourth-order valence-electron chi connectivity index (χ4n) is 6.06. The van der Waals surface area contributed by atoms with Crippen molar-refractivity contribution < 1.29 is 38.9 Å². The fraction of sp³-hybridized carbons (Fsp3) is 0.370. The number of ether oxygens (including phenoxy) is 1. The normalized spacial score (nSPS) is 26.9. The van der Waals surface area contributed by atoms with Crippen molar-refractivity contribution in [1.82, 2.24) is 4.90 Å². The molecule has 5 rings (SSSR count). The Bertz CT molecular complexity index is 1330. The second-order valence-electron chi connectivity index (χ2n) is 9.48. The summed E-state index contributed by atoms with van der Waals surface area (Å²) in [7, 11) is 0. The number of ketones is 2. The third-order valence-electron chi connectivity index (χ3n) is 7.55. The number of nitrogens with zero attached hydrogens (tertiary/aromatic N) is 1. The SMILES string of the molecule is O=C(O)CCN1C(=O)C2CC=C3C(c4ccccc4OCCO)C4=C(CC3C2C1=O)C(=O)C(Br)=CC4=O. The number of carbonyl (C=O) groups excluding carboxylic acids is 4. The van der Waals surface area contributed by atoms with Gasteiger partial charge >= 0.3 is 5.97 Å². The van der Waals surface area contributed by atoms with Crippen molar-refractivity contribution in [2.75, 3.05) is 19.8 Å². The number of hydrogen-bond donors (Lipinski definition) is 2. The lowest BCUT2D eigenvalue weighted by Gasteiger charge is -2.42. The molecular weight excluding hydrogens is 546 g/mol. The molecule has 0 saturated carbocycles. The fourth-order valence-corrected chi connectivity index (χ4v) is 6.51. The van der Waals surface area contributed by atoms with E-state index in [-0.39, 0.29) is 55.1 Å². The van der Waals surface area contributed by atoms with Crippen LogP contribution in [0.2, 0.25) is 0 Å². The summed E-state index contributed by atoms with van der Waals surface area (Å²) >= 11 is 3.20. The number of halogens is 1. The number of aliphatic hydroxyl groups excluding tert-OH is 1. The van der Waals surface area contributed by atoms with Crippen LogP contribution in [0, 0.1) is 17.8 Å². The van der Waals surface area contributed by atoms with Crippen LogP contribution in [-0.2, 0) is 24.0 Å². The van der Waals surface area contributed by atoms with Crippen molar-refractivity contribution in [2.24, 2.45) is 17.8 Å². The summed E-state index contributed by atoms with van der Waals surface area (Å²) in [5.74, 6) is -4.75. The third-order valence-corrected chi connectivity index (χ3v) is 8.14.